The highest BCUT2D eigenvalue weighted by molar-refractivity contribution is 9.10. The van der Waals surface area contributed by atoms with E-state index in [-0.39, 0.29) is 0 Å². The molecule has 0 saturated heterocycles. The third-order valence-corrected chi connectivity index (χ3v) is 3.18. The van der Waals surface area contributed by atoms with Gasteiger partial charge in [-0.15, -0.1) is 0 Å². The van der Waals surface area contributed by atoms with E-state index in [0.29, 0.717) is 15.1 Å². The van der Waals surface area contributed by atoms with Crippen LogP contribution in [0.25, 0.3) is 0 Å². The van der Waals surface area contributed by atoms with Crippen molar-refractivity contribution < 1.29 is 9.53 Å². The van der Waals surface area contributed by atoms with Crippen molar-refractivity contribution in [2.24, 2.45) is 5.73 Å². The van der Waals surface area contributed by atoms with Crippen molar-refractivity contribution in [1.82, 2.24) is 0 Å². The molecule has 0 heterocycles. The summed E-state index contributed by atoms with van der Waals surface area (Å²) in [5.41, 5.74) is 5.95. The molecule has 1 unspecified atom stereocenters. The van der Waals surface area contributed by atoms with Crippen molar-refractivity contribution in [3.05, 3.63) is 33.3 Å². The van der Waals surface area contributed by atoms with Crippen LogP contribution in [0.1, 0.15) is 32.4 Å². The van der Waals surface area contributed by atoms with Gasteiger partial charge >= 0.3 is 5.97 Å². The molecule has 0 saturated carbocycles. The molecule has 17 heavy (non-hydrogen) atoms. The van der Waals surface area contributed by atoms with E-state index in [9.17, 15) is 4.79 Å². The van der Waals surface area contributed by atoms with Gasteiger partial charge < -0.3 is 10.5 Å². The monoisotopic (exact) mass is 319 g/mol. The van der Waals surface area contributed by atoms with Crippen LogP contribution in [0.3, 0.4) is 0 Å². The number of nitrogens with two attached hydrogens (primary N) is 1. The van der Waals surface area contributed by atoms with Gasteiger partial charge in [0, 0.05) is 4.47 Å². The van der Waals surface area contributed by atoms with Crippen molar-refractivity contribution in [1.29, 1.82) is 0 Å². The molecule has 5 heteroatoms. The minimum absolute atomic E-state index is 0.452. The largest absolute Gasteiger partial charge is 0.459 e. The average molecular weight is 321 g/mol. The van der Waals surface area contributed by atoms with Gasteiger partial charge in [0.2, 0.25) is 0 Å². The molecule has 0 radical (unpaired) electrons. The van der Waals surface area contributed by atoms with Gasteiger partial charge in [0.05, 0.1) is 5.02 Å². The molecule has 1 aromatic rings. The summed E-state index contributed by atoms with van der Waals surface area (Å²) < 4.78 is 5.92. The summed E-state index contributed by atoms with van der Waals surface area (Å²) in [5, 5.41) is 0.574. The molecule has 0 aliphatic heterocycles. The topological polar surface area (TPSA) is 52.3 Å². The Kier molecular flexibility index (Phi) is 4.58. The van der Waals surface area contributed by atoms with E-state index >= 15 is 0 Å². The highest BCUT2D eigenvalue weighted by Crippen LogP contribution is 2.26. The minimum atomic E-state index is -0.803. The fourth-order valence-corrected chi connectivity index (χ4v) is 1.72. The summed E-state index contributed by atoms with van der Waals surface area (Å²) in [6, 6.07) is 4.31. The van der Waals surface area contributed by atoms with Crippen LogP contribution in [0.5, 0.6) is 0 Å². The highest BCUT2D eigenvalue weighted by Gasteiger charge is 2.23. The molecule has 94 valence electrons. The molecule has 1 atom stereocenters. The van der Waals surface area contributed by atoms with E-state index in [1.54, 1.807) is 39.0 Å². The van der Waals surface area contributed by atoms with Gasteiger partial charge in [0.15, 0.2) is 0 Å². The van der Waals surface area contributed by atoms with Crippen molar-refractivity contribution >= 4 is 33.5 Å². The van der Waals surface area contributed by atoms with Crippen LogP contribution in [-0.4, -0.2) is 11.6 Å². The van der Waals surface area contributed by atoms with Gasteiger partial charge in [0.1, 0.15) is 11.6 Å². The molecular formula is C12H15BrClNO2. The van der Waals surface area contributed by atoms with E-state index in [1.165, 1.54) is 0 Å². The fourth-order valence-electron chi connectivity index (χ4n) is 1.21. The molecule has 1 aromatic carbocycles. The maximum atomic E-state index is 11.8. The first-order chi connectivity index (χ1) is 7.70. The van der Waals surface area contributed by atoms with E-state index < -0.39 is 17.6 Å². The Balaban J connectivity index is 2.85. The SMILES string of the molecule is CC(C)(C)OC(=O)C(N)c1ccc(Cl)c(Br)c1. The number of carbonyl (C=O) groups is 1. The molecule has 0 aliphatic carbocycles. The molecule has 0 aromatic heterocycles. The zero-order valence-corrected chi connectivity index (χ0v) is 12.3. The first-order valence-corrected chi connectivity index (χ1v) is 6.31. The molecule has 0 spiro atoms. The zero-order valence-electron chi connectivity index (χ0n) is 9.96. The second kappa shape index (κ2) is 5.38. The number of esters is 1. The van der Waals surface area contributed by atoms with Crippen LogP contribution >= 0.6 is 27.5 Å². The molecule has 0 fully saturated rings. The Labute approximate surface area is 114 Å². The lowest BCUT2D eigenvalue weighted by Crippen LogP contribution is -2.31. The quantitative estimate of drug-likeness (QED) is 0.849. The first kappa shape index (κ1) is 14.5. The Morgan fingerprint density at radius 3 is 2.53 bits per heavy atom. The van der Waals surface area contributed by atoms with E-state index in [0.717, 1.165) is 0 Å². The third-order valence-electron chi connectivity index (χ3n) is 1.96. The van der Waals surface area contributed by atoms with Crippen LogP contribution in [0.2, 0.25) is 5.02 Å². The molecule has 1 rings (SSSR count). The van der Waals surface area contributed by atoms with Crippen molar-refractivity contribution in [3.8, 4) is 0 Å². The Bertz CT molecular complexity index is 429. The maximum absolute atomic E-state index is 11.8. The Morgan fingerprint density at radius 2 is 2.06 bits per heavy atom. The van der Waals surface area contributed by atoms with Crippen molar-refractivity contribution in [2.45, 2.75) is 32.4 Å². The van der Waals surface area contributed by atoms with Crippen LogP contribution < -0.4 is 5.73 Å². The van der Waals surface area contributed by atoms with Crippen LogP contribution in [-0.2, 0) is 9.53 Å². The van der Waals surface area contributed by atoms with E-state index in [4.69, 9.17) is 22.1 Å². The minimum Gasteiger partial charge on any atom is -0.459 e. The number of carbonyl (C=O) groups excluding carboxylic acids is 1. The average Bonchev–Trinajstić information content (AvgIpc) is 2.18. The molecule has 3 nitrogen and oxygen atoms in total. The maximum Gasteiger partial charge on any atom is 0.328 e. The highest BCUT2D eigenvalue weighted by atomic mass is 79.9. The number of rotatable bonds is 2. The van der Waals surface area contributed by atoms with Gasteiger partial charge in [0.25, 0.3) is 0 Å². The van der Waals surface area contributed by atoms with Crippen LogP contribution in [0.15, 0.2) is 22.7 Å². The van der Waals surface area contributed by atoms with Gasteiger partial charge in [-0.2, -0.15) is 0 Å². The summed E-state index contributed by atoms with van der Waals surface area (Å²) in [6.07, 6.45) is 0. The summed E-state index contributed by atoms with van der Waals surface area (Å²) in [4.78, 5) is 11.8. The molecule has 0 aliphatic rings. The standard InChI is InChI=1S/C12H15BrClNO2/c1-12(2,3)17-11(16)10(15)7-4-5-9(14)8(13)6-7/h4-6,10H,15H2,1-3H3. The number of hydrogen-bond acceptors (Lipinski definition) is 3. The van der Waals surface area contributed by atoms with Crippen molar-refractivity contribution in [2.75, 3.05) is 0 Å². The summed E-state index contributed by atoms with van der Waals surface area (Å²) in [6.45, 7) is 5.40. The first-order valence-electron chi connectivity index (χ1n) is 5.14. The normalized spacial score (nSPS) is 13.3. The van der Waals surface area contributed by atoms with Gasteiger partial charge in [-0.3, -0.25) is 0 Å². The lowest BCUT2D eigenvalue weighted by atomic mass is 10.1. The Morgan fingerprint density at radius 1 is 1.47 bits per heavy atom. The number of ether oxygens (including phenoxy) is 1. The van der Waals surface area contributed by atoms with E-state index in [1.807, 2.05) is 0 Å². The summed E-state index contributed by atoms with van der Waals surface area (Å²) in [5.74, 6) is -0.452. The fraction of sp³-hybridized carbons (Fsp3) is 0.417. The Hall–Kier alpha value is -0.580. The smallest absolute Gasteiger partial charge is 0.328 e. The number of hydrogen-bond donors (Lipinski definition) is 1. The number of benzene rings is 1. The predicted octanol–water partition coefficient (Wildman–Crippen LogP) is 3.44. The van der Waals surface area contributed by atoms with Crippen LogP contribution in [0.4, 0.5) is 0 Å². The molecule has 2 N–H and O–H groups in total. The van der Waals surface area contributed by atoms with Crippen LogP contribution in [0, 0.1) is 0 Å². The van der Waals surface area contributed by atoms with Gasteiger partial charge in [-0.05, 0) is 54.4 Å². The summed E-state index contributed by atoms with van der Waals surface area (Å²) in [7, 11) is 0. The zero-order chi connectivity index (χ0) is 13.2. The lowest BCUT2D eigenvalue weighted by molar-refractivity contribution is -0.156. The molecule has 0 bridgehead atoms. The second-order valence-corrected chi connectivity index (χ2v) is 5.95. The third kappa shape index (κ3) is 4.30. The van der Waals surface area contributed by atoms with E-state index in [2.05, 4.69) is 15.9 Å². The van der Waals surface area contributed by atoms with Gasteiger partial charge in [-0.25, -0.2) is 4.79 Å². The predicted molar refractivity (Wildman–Crippen MR) is 71.9 cm³/mol. The summed E-state index contributed by atoms with van der Waals surface area (Å²) >= 11 is 9.15. The number of halogens is 2. The molecule has 0 amide bonds. The van der Waals surface area contributed by atoms with Gasteiger partial charge in [-0.1, -0.05) is 17.7 Å². The lowest BCUT2D eigenvalue weighted by Gasteiger charge is -2.22. The van der Waals surface area contributed by atoms with Crippen molar-refractivity contribution in [3.63, 3.8) is 0 Å². The second-order valence-electron chi connectivity index (χ2n) is 4.68. The molecular weight excluding hydrogens is 305 g/mol.